The third-order valence-electron chi connectivity index (χ3n) is 5.21. The number of ether oxygens (including phenoxy) is 1. The minimum absolute atomic E-state index is 0.151. The highest BCUT2D eigenvalue weighted by molar-refractivity contribution is 5.93. The quantitative estimate of drug-likeness (QED) is 0.578. The molecule has 0 aromatic heterocycles. The number of carbonyl (C=O) groups is 3. The number of alkyl carbamates (subject to hydrolysis) is 1. The molecule has 0 radical (unpaired) electrons. The first kappa shape index (κ1) is 26.6. The number of hydrogen-bond donors (Lipinski definition) is 3. The van der Waals surface area contributed by atoms with Crippen LogP contribution in [0.15, 0.2) is 18.2 Å². The molecule has 3 amide bonds. The SMILES string of the molecule is Cc1cccc(C)c1C(C(=O)NC(C)(C)C)N(C(=O)C(CO)NC(=O)OC(C)(C)C)C1CC1. The molecule has 8 nitrogen and oxygen atoms in total. The van der Waals surface area contributed by atoms with Crippen LogP contribution in [0.4, 0.5) is 4.79 Å². The van der Waals surface area contributed by atoms with E-state index in [4.69, 9.17) is 4.74 Å². The van der Waals surface area contributed by atoms with E-state index >= 15 is 0 Å². The predicted molar refractivity (Wildman–Crippen MR) is 127 cm³/mol. The molecule has 184 valence electrons. The van der Waals surface area contributed by atoms with Gasteiger partial charge >= 0.3 is 6.09 Å². The molecule has 8 heteroatoms. The Labute approximate surface area is 197 Å². The zero-order valence-corrected chi connectivity index (χ0v) is 21.1. The van der Waals surface area contributed by atoms with Crippen LogP contribution in [0.3, 0.4) is 0 Å². The Morgan fingerprint density at radius 1 is 1.09 bits per heavy atom. The van der Waals surface area contributed by atoms with Gasteiger partial charge in [-0.1, -0.05) is 18.2 Å². The van der Waals surface area contributed by atoms with Crippen LogP contribution >= 0.6 is 0 Å². The number of aliphatic hydroxyl groups is 1. The van der Waals surface area contributed by atoms with E-state index in [2.05, 4.69) is 10.6 Å². The van der Waals surface area contributed by atoms with Crippen molar-refractivity contribution in [3.05, 3.63) is 34.9 Å². The van der Waals surface area contributed by atoms with Gasteiger partial charge in [0.05, 0.1) is 6.61 Å². The van der Waals surface area contributed by atoms with Crippen molar-refractivity contribution in [2.45, 2.75) is 97.5 Å². The second kappa shape index (κ2) is 10.1. The number of rotatable bonds is 7. The van der Waals surface area contributed by atoms with E-state index in [9.17, 15) is 19.5 Å². The lowest BCUT2D eigenvalue weighted by atomic mass is 9.92. The first-order valence-electron chi connectivity index (χ1n) is 11.5. The Hall–Kier alpha value is -2.61. The summed E-state index contributed by atoms with van der Waals surface area (Å²) in [5, 5.41) is 15.4. The van der Waals surface area contributed by atoms with E-state index in [0.717, 1.165) is 29.5 Å². The molecule has 1 aromatic rings. The Balaban J connectivity index is 2.47. The van der Waals surface area contributed by atoms with Gasteiger partial charge in [0, 0.05) is 11.6 Å². The Kier molecular flexibility index (Phi) is 8.17. The monoisotopic (exact) mass is 461 g/mol. The summed E-state index contributed by atoms with van der Waals surface area (Å²) >= 11 is 0. The average Bonchev–Trinajstić information content (AvgIpc) is 3.46. The fraction of sp³-hybridized carbons (Fsp3) is 0.640. The van der Waals surface area contributed by atoms with Crippen molar-refractivity contribution < 1.29 is 24.2 Å². The highest BCUT2D eigenvalue weighted by Gasteiger charge is 2.45. The summed E-state index contributed by atoms with van der Waals surface area (Å²) in [7, 11) is 0. The molecule has 2 unspecified atom stereocenters. The van der Waals surface area contributed by atoms with Crippen molar-refractivity contribution in [1.29, 1.82) is 0 Å². The van der Waals surface area contributed by atoms with E-state index in [1.807, 2.05) is 52.8 Å². The van der Waals surface area contributed by atoms with Gasteiger partial charge in [0.15, 0.2) is 0 Å². The molecule has 2 rings (SSSR count). The van der Waals surface area contributed by atoms with Crippen LogP contribution in [0.2, 0.25) is 0 Å². The van der Waals surface area contributed by atoms with Gasteiger partial charge in [-0.25, -0.2) is 4.79 Å². The maximum Gasteiger partial charge on any atom is 0.408 e. The van der Waals surface area contributed by atoms with Gasteiger partial charge in [0.1, 0.15) is 17.7 Å². The first-order chi connectivity index (χ1) is 15.1. The maximum absolute atomic E-state index is 13.7. The van der Waals surface area contributed by atoms with E-state index in [1.54, 1.807) is 20.8 Å². The minimum atomic E-state index is -1.23. The number of aryl methyl sites for hydroxylation is 2. The molecule has 2 atom stereocenters. The number of carbonyl (C=O) groups excluding carboxylic acids is 3. The van der Waals surface area contributed by atoms with Crippen LogP contribution in [-0.4, -0.2) is 57.7 Å². The maximum atomic E-state index is 13.7. The highest BCUT2D eigenvalue weighted by atomic mass is 16.6. The second-order valence-electron chi connectivity index (χ2n) is 10.8. The van der Waals surface area contributed by atoms with Gasteiger partial charge in [-0.15, -0.1) is 0 Å². The van der Waals surface area contributed by atoms with Crippen LogP contribution in [0.1, 0.15) is 77.1 Å². The number of hydrogen-bond acceptors (Lipinski definition) is 5. The Bertz CT molecular complexity index is 861. The molecule has 1 aliphatic carbocycles. The molecule has 1 aromatic carbocycles. The fourth-order valence-corrected chi connectivity index (χ4v) is 3.78. The first-order valence-corrected chi connectivity index (χ1v) is 11.5. The summed E-state index contributed by atoms with van der Waals surface area (Å²) in [5.41, 5.74) is 1.28. The Morgan fingerprint density at radius 3 is 2.06 bits per heavy atom. The highest BCUT2D eigenvalue weighted by Crippen LogP contribution is 2.38. The zero-order valence-electron chi connectivity index (χ0n) is 21.1. The van der Waals surface area contributed by atoms with Gasteiger partial charge in [-0.05, 0) is 84.9 Å². The normalized spacial score (nSPS) is 15.9. The van der Waals surface area contributed by atoms with E-state index in [1.165, 1.54) is 4.90 Å². The zero-order chi connectivity index (χ0) is 25.1. The van der Waals surface area contributed by atoms with Crippen LogP contribution in [0, 0.1) is 13.8 Å². The smallest absolute Gasteiger partial charge is 0.408 e. The van der Waals surface area contributed by atoms with Gasteiger partial charge < -0.3 is 25.4 Å². The second-order valence-corrected chi connectivity index (χ2v) is 10.8. The average molecular weight is 462 g/mol. The molecule has 0 aliphatic heterocycles. The van der Waals surface area contributed by atoms with Gasteiger partial charge in [0.2, 0.25) is 11.8 Å². The molecule has 33 heavy (non-hydrogen) atoms. The number of benzene rings is 1. The summed E-state index contributed by atoms with van der Waals surface area (Å²) in [6.07, 6.45) is 0.703. The van der Waals surface area contributed by atoms with E-state index in [0.29, 0.717) is 0 Å². The number of nitrogens with one attached hydrogen (secondary N) is 2. The van der Waals surface area contributed by atoms with Crippen LogP contribution in [0.5, 0.6) is 0 Å². The molecule has 0 spiro atoms. The van der Waals surface area contributed by atoms with Crippen molar-refractivity contribution in [1.82, 2.24) is 15.5 Å². The van der Waals surface area contributed by atoms with Crippen LogP contribution < -0.4 is 10.6 Å². The van der Waals surface area contributed by atoms with Crippen LogP contribution in [-0.2, 0) is 14.3 Å². The minimum Gasteiger partial charge on any atom is -0.444 e. The van der Waals surface area contributed by atoms with Crippen molar-refractivity contribution in [3.63, 3.8) is 0 Å². The molecule has 1 saturated carbocycles. The lowest BCUT2D eigenvalue weighted by Crippen LogP contribution is -2.56. The lowest BCUT2D eigenvalue weighted by molar-refractivity contribution is -0.144. The van der Waals surface area contributed by atoms with Crippen molar-refractivity contribution in [2.24, 2.45) is 0 Å². The molecule has 0 heterocycles. The Morgan fingerprint density at radius 2 is 1.64 bits per heavy atom. The fourth-order valence-electron chi connectivity index (χ4n) is 3.78. The van der Waals surface area contributed by atoms with Crippen molar-refractivity contribution in [2.75, 3.05) is 6.61 Å². The standard InChI is InChI=1S/C25H39N3O5/c1-15-10-9-11-16(2)19(15)20(21(30)27-24(3,4)5)28(17-12-13-17)22(31)18(14-29)26-23(32)33-25(6,7)8/h9-11,17-18,20,29H,12-14H2,1-8H3,(H,26,32)(H,27,30). The summed E-state index contributed by atoms with van der Waals surface area (Å²) in [6.45, 7) is 14.0. The van der Waals surface area contributed by atoms with Crippen molar-refractivity contribution in [3.8, 4) is 0 Å². The summed E-state index contributed by atoms with van der Waals surface area (Å²) in [4.78, 5) is 41.1. The van der Waals surface area contributed by atoms with Gasteiger partial charge in [-0.3, -0.25) is 9.59 Å². The largest absolute Gasteiger partial charge is 0.444 e. The summed E-state index contributed by atoms with van der Waals surface area (Å²) in [6, 6.07) is 3.47. The van der Waals surface area contributed by atoms with Gasteiger partial charge in [0.25, 0.3) is 0 Å². The van der Waals surface area contributed by atoms with Crippen LogP contribution in [0.25, 0.3) is 0 Å². The van der Waals surface area contributed by atoms with E-state index in [-0.39, 0.29) is 11.9 Å². The third-order valence-corrected chi connectivity index (χ3v) is 5.21. The molecular formula is C25H39N3O5. The molecule has 0 bridgehead atoms. The van der Waals surface area contributed by atoms with Gasteiger partial charge in [-0.2, -0.15) is 0 Å². The van der Waals surface area contributed by atoms with E-state index < -0.39 is 41.8 Å². The topological polar surface area (TPSA) is 108 Å². The molecular weight excluding hydrogens is 422 g/mol. The predicted octanol–water partition coefficient (Wildman–Crippen LogP) is 3.14. The summed E-state index contributed by atoms with van der Waals surface area (Å²) < 4.78 is 5.26. The number of aliphatic hydroxyl groups excluding tert-OH is 1. The molecule has 3 N–H and O–H groups in total. The molecule has 1 fully saturated rings. The number of amides is 3. The molecule has 0 saturated heterocycles. The third kappa shape index (κ3) is 7.45. The number of nitrogens with zero attached hydrogens (tertiary/aromatic N) is 1. The molecule has 1 aliphatic rings. The van der Waals surface area contributed by atoms with Crippen molar-refractivity contribution >= 4 is 17.9 Å². The lowest BCUT2D eigenvalue weighted by Gasteiger charge is -2.37. The summed E-state index contributed by atoms with van der Waals surface area (Å²) in [5.74, 6) is -0.809.